The molecular weight excluding hydrogens is 170 g/mol. The molecule has 1 nitrogen and oxygen atoms in total. The molecule has 0 aromatic rings. The molecule has 1 saturated heterocycles. The van der Waals surface area contributed by atoms with Crippen LogP contribution in [0.15, 0.2) is 11.8 Å². The summed E-state index contributed by atoms with van der Waals surface area (Å²) in [6.45, 7) is 1.36. The molecule has 14 heavy (non-hydrogen) atoms. The van der Waals surface area contributed by atoms with Crippen molar-refractivity contribution in [1.29, 1.82) is 0 Å². The highest BCUT2D eigenvalue weighted by atomic mass is 15.2. The molecular formula is C13H21N. The molecule has 3 rings (SSSR count). The molecule has 1 aliphatic heterocycles. The van der Waals surface area contributed by atoms with Gasteiger partial charge in [-0.15, -0.1) is 0 Å². The molecule has 0 amide bonds. The summed E-state index contributed by atoms with van der Waals surface area (Å²) >= 11 is 0. The van der Waals surface area contributed by atoms with E-state index >= 15 is 0 Å². The first kappa shape index (κ1) is 8.82. The Morgan fingerprint density at radius 1 is 1.07 bits per heavy atom. The Kier molecular flexibility index (Phi) is 2.27. The Labute approximate surface area is 87.2 Å². The van der Waals surface area contributed by atoms with E-state index in [4.69, 9.17) is 0 Å². The molecule has 2 atom stereocenters. The van der Waals surface area contributed by atoms with Crippen molar-refractivity contribution in [3.8, 4) is 0 Å². The first-order valence-corrected chi connectivity index (χ1v) is 6.41. The molecule has 0 radical (unpaired) electrons. The average molecular weight is 191 g/mol. The van der Waals surface area contributed by atoms with Crippen LogP contribution < -0.4 is 0 Å². The van der Waals surface area contributed by atoms with Crippen molar-refractivity contribution in [3.63, 3.8) is 0 Å². The van der Waals surface area contributed by atoms with Crippen LogP contribution >= 0.6 is 0 Å². The van der Waals surface area contributed by atoms with Gasteiger partial charge >= 0.3 is 0 Å². The van der Waals surface area contributed by atoms with Gasteiger partial charge in [0.15, 0.2) is 0 Å². The Bertz CT molecular complexity index is 244. The van der Waals surface area contributed by atoms with Crippen LogP contribution in [0.2, 0.25) is 0 Å². The summed E-state index contributed by atoms with van der Waals surface area (Å²) in [4.78, 5) is 2.76. The molecule has 0 bridgehead atoms. The van der Waals surface area contributed by atoms with E-state index in [1.54, 1.807) is 5.70 Å². The molecule has 2 fully saturated rings. The van der Waals surface area contributed by atoms with Gasteiger partial charge in [-0.3, -0.25) is 0 Å². The van der Waals surface area contributed by atoms with Crippen molar-refractivity contribution in [2.24, 2.45) is 5.92 Å². The largest absolute Gasteiger partial charge is 0.372 e. The fourth-order valence-electron chi connectivity index (χ4n) is 3.67. The molecule has 2 aliphatic carbocycles. The number of hydrogen-bond acceptors (Lipinski definition) is 1. The molecule has 0 N–H and O–H groups in total. The molecule has 3 aliphatic rings. The van der Waals surface area contributed by atoms with E-state index in [0.717, 1.165) is 12.0 Å². The summed E-state index contributed by atoms with van der Waals surface area (Å²) < 4.78 is 0. The van der Waals surface area contributed by atoms with Crippen LogP contribution in [0.25, 0.3) is 0 Å². The molecule has 0 aromatic carbocycles. The van der Waals surface area contributed by atoms with Crippen molar-refractivity contribution in [2.75, 3.05) is 6.54 Å². The number of hydrogen-bond donors (Lipinski definition) is 0. The summed E-state index contributed by atoms with van der Waals surface area (Å²) in [6, 6.07) is 0.944. The summed E-state index contributed by atoms with van der Waals surface area (Å²) in [7, 11) is 0. The standard InChI is InChI=1S/C13H21N/c1-2-6-12(7-3-1)14-10-9-11-5-4-8-13(11)14/h6,11,13H,1-5,7-10H2/t11-,13-/m0/s1. The molecule has 0 unspecified atom stereocenters. The summed E-state index contributed by atoms with van der Waals surface area (Å²) in [6.07, 6.45) is 14.0. The zero-order valence-electron chi connectivity index (χ0n) is 9.04. The minimum Gasteiger partial charge on any atom is -0.372 e. The van der Waals surface area contributed by atoms with Gasteiger partial charge in [-0.2, -0.15) is 0 Å². The van der Waals surface area contributed by atoms with E-state index in [1.165, 1.54) is 57.9 Å². The minimum atomic E-state index is 0.944. The van der Waals surface area contributed by atoms with Crippen molar-refractivity contribution < 1.29 is 0 Å². The fraction of sp³-hybridized carbons (Fsp3) is 0.846. The van der Waals surface area contributed by atoms with Crippen LogP contribution in [0.3, 0.4) is 0 Å². The first-order chi connectivity index (χ1) is 6.95. The topological polar surface area (TPSA) is 3.24 Å². The predicted octanol–water partition coefficient (Wildman–Crippen LogP) is 3.32. The fourth-order valence-corrected chi connectivity index (χ4v) is 3.67. The molecule has 1 saturated carbocycles. The second-order valence-electron chi connectivity index (χ2n) is 5.18. The SMILES string of the molecule is C1=C(N2CC[C@@H]3CCC[C@@H]32)CCCC1. The van der Waals surface area contributed by atoms with Crippen LogP contribution in [0, 0.1) is 5.92 Å². The number of fused-ring (bicyclic) bond motifs is 1. The van der Waals surface area contributed by atoms with Crippen LogP contribution in [0.5, 0.6) is 0 Å². The van der Waals surface area contributed by atoms with Gasteiger partial charge < -0.3 is 4.90 Å². The van der Waals surface area contributed by atoms with Crippen molar-refractivity contribution in [3.05, 3.63) is 11.8 Å². The van der Waals surface area contributed by atoms with Crippen LogP contribution in [-0.2, 0) is 0 Å². The van der Waals surface area contributed by atoms with Gasteiger partial charge in [-0.1, -0.05) is 12.5 Å². The van der Waals surface area contributed by atoms with Crippen molar-refractivity contribution in [2.45, 2.75) is 57.4 Å². The monoisotopic (exact) mass is 191 g/mol. The van der Waals surface area contributed by atoms with E-state index in [0.29, 0.717) is 0 Å². The first-order valence-electron chi connectivity index (χ1n) is 6.41. The third-order valence-corrected chi connectivity index (χ3v) is 4.40. The lowest BCUT2D eigenvalue weighted by atomic mass is 10.0. The van der Waals surface area contributed by atoms with Gasteiger partial charge in [-0.05, 0) is 50.9 Å². The van der Waals surface area contributed by atoms with E-state index < -0.39 is 0 Å². The van der Waals surface area contributed by atoms with Gasteiger partial charge in [0.2, 0.25) is 0 Å². The maximum Gasteiger partial charge on any atom is 0.0315 e. The number of likely N-dealkylation sites (tertiary alicyclic amines) is 1. The van der Waals surface area contributed by atoms with Crippen molar-refractivity contribution >= 4 is 0 Å². The highest BCUT2D eigenvalue weighted by molar-refractivity contribution is 5.10. The lowest BCUT2D eigenvalue weighted by Crippen LogP contribution is -2.30. The third-order valence-electron chi connectivity index (χ3n) is 4.40. The summed E-state index contributed by atoms with van der Waals surface area (Å²) in [5, 5.41) is 0. The zero-order valence-corrected chi connectivity index (χ0v) is 9.04. The van der Waals surface area contributed by atoms with Gasteiger partial charge in [0.25, 0.3) is 0 Å². The van der Waals surface area contributed by atoms with E-state index in [9.17, 15) is 0 Å². The Morgan fingerprint density at radius 3 is 2.93 bits per heavy atom. The number of allylic oxidation sites excluding steroid dienone is 2. The Hall–Kier alpha value is -0.460. The lowest BCUT2D eigenvalue weighted by molar-refractivity contribution is 0.286. The zero-order chi connectivity index (χ0) is 9.38. The van der Waals surface area contributed by atoms with Gasteiger partial charge in [-0.25, -0.2) is 0 Å². The quantitative estimate of drug-likeness (QED) is 0.614. The van der Waals surface area contributed by atoms with Crippen LogP contribution in [0.1, 0.15) is 51.4 Å². The normalized spacial score (nSPS) is 37.1. The van der Waals surface area contributed by atoms with Crippen molar-refractivity contribution in [1.82, 2.24) is 4.90 Å². The summed E-state index contributed by atoms with van der Waals surface area (Å²) in [5.74, 6) is 1.05. The highest BCUT2D eigenvalue weighted by Crippen LogP contribution is 2.41. The average Bonchev–Trinajstić information content (AvgIpc) is 2.79. The van der Waals surface area contributed by atoms with Gasteiger partial charge in [0.05, 0.1) is 0 Å². The number of rotatable bonds is 1. The Balaban J connectivity index is 1.75. The Morgan fingerprint density at radius 2 is 2.07 bits per heavy atom. The van der Waals surface area contributed by atoms with Crippen LogP contribution in [0.4, 0.5) is 0 Å². The molecule has 0 aromatic heterocycles. The highest BCUT2D eigenvalue weighted by Gasteiger charge is 2.38. The van der Waals surface area contributed by atoms with E-state index in [-0.39, 0.29) is 0 Å². The third kappa shape index (κ3) is 1.37. The van der Waals surface area contributed by atoms with Gasteiger partial charge in [0.1, 0.15) is 0 Å². The predicted molar refractivity (Wildman–Crippen MR) is 59.0 cm³/mol. The lowest BCUT2D eigenvalue weighted by Gasteiger charge is -2.30. The maximum absolute atomic E-state index is 2.76. The summed E-state index contributed by atoms with van der Waals surface area (Å²) in [5.41, 5.74) is 1.70. The number of nitrogens with zero attached hydrogens (tertiary/aromatic N) is 1. The molecule has 1 heterocycles. The molecule has 78 valence electrons. The second kappa shape index (κ2) is 3.60. The maximum atomic E-state index is 2.76. The molecule has 1 heteroatoms. The van der Waals surface area contributed by atoms with E-state index in [1.807, 2.05) is 0 Å². The molecule has 0 spiro atoms. The minimum absolute atomic E-state index is 0.944. The smallest absolute Gasteiger partial charge is 0.0315 e. The van der Waals surface area contributed by atoms with Crippen LogP contribution in [-0.4, -0.2) is 17.5 Å². The van der Waals surface area contributed by atoms with E-state index in [2.05, 4.69) is 11.0 Å². The van der Waals surface area contributed by atoms with Gasteiger partial charge in [0, 0.05) is 18.3 Å². The second-order valence-corrected chi connectivity index (χ2v) is 5.18.